The monoisotopic (exact) mass is 387 g/mol. The van der Waals surface area contributed by atoms with E-state index < -0.39 is 0 Å². The molecule has 0 aliphatic heterocycles. The minimum absolute atomic E-state index is 0.178. The van der Waals surface area contributed by atoms with Crippen molar-refractivity contribution >= 4 is 35.0 Å². The second-order valence-corrected chi connectivity index (χ2v) is 6.29. The molecule has 3 N–H and O–H groups in total. The van der Waals surface area contributed by atoms with Crippen LogP contribution in [0, 0.1) is 0 Å². The van der Waals surface area contributed by atoms with Gasteiger partial charge in [0.05, 0.1) is 10.6 Å². The summed E-state index contributed by atoms with van der Waals surface area (Å²) in [4.78, 5) is 26.1. The van der Waals surface area contributed by atoms with Gasteiger partial charge >= 0.3 is 0 Å². The highest BCUT2D eigenvalue weighted by atomic mass is 35.5. The molecule has 0 fully saturated rings. The van der Waals surface area contributed by atoms with Gasteiger partial charge < -0.3 is 20.5 Å². The Kier molecular flexibility index (Phi) is 5.22. The van der Waals surface area contributed by atoms with Crippen LogP contribution in [0.5, 0.6) is 0 Å². The lowest BCUT2D eigenvalue weighted by Gasteiger charge is -2.13. The number of carbonyl (C=O) groups is 1. The number of halogens is 1. The van der Waals surface area contributed by atoms with Crippen molar-refractivity contribution in [2.24, 2.45) is 0 Å². The van der Waals surface area contributed by atoms with Gasteiger partial charge in [-0.3, -0.25) is 4.79 Å². The van der Waals surface area contributed by atoms with Crippen LogP contribution in [-0.2, 0) is 6.42 Å². The zero-order chi connectivity index (χ0) is 19.6. The van der Waals surface area contributed by atoms with E-state index in [1.165, 1.54) is 11.1 Å². The zero-order valence-electron chi connectivity index (χ0n) is 15.0. The maximum absolute atomic E-state index is 12.0. The number of carbonyl (C=O) groups excluding carboxylic acids is 1. The summed E-state index contributed by atoms with van der Waals surface area (Å²) < 4.78 is 5.16. The van der Waals surface area contributed by atoms with Gasteiger partial charge in [-0.2, -0.15) is 9.97 Å². The first-order chi connectivity index (χ1) is 12.9. The minimum Gasteiger partial charge on any atom is -0.383 e. The Bertz CT molecular complexity index is 987. The molecule has 1 aromatic carbocycles. The first kappa shape index (κ1) is 18.6. The van der Waals surface area contributed by atoms with Gasteiger partial charge in [0, 0.05) is 32.4 Å². The third-order valence-electron chi connectivity index (χ3n) is 3.69. The molecule has 0 unspecified atom stereocenters. The summed E-state index contributed by atoms with van der Waals surface area (Å²) in [5.74, 6) is 1.14. The number of nitrogens with one attached hydrogen (secondary N) is 1. The predicted molar refractivity (Wildman–Crippen MR) is 102 cm³/mol. The fourth-order valence-corrected chi connectivity index (χ4v) is 2.52. The smallest absolute Gasteiger partial charge is 0.263 e. The number of hydrogen-bond acceptors (Lipinski definition) is 8. The number of aromatic nitrogens is 4. The minimum atomic E-state index is -0.178. The molecule has 0 saturated heterocycles. The van der Waals surface area contributed by atoms with Gasteiger partial charge in [-0.15, -0.1) is 0 Å². The molecule has 0 saturated carbocycles. The highest BCUT2D eigenvalue weighted by molar-refractivity contribution is 6.34. The van der Waals surface area contributed by atoms with E-state index in [1.807, 2.05) is 6.92 Å². The van der Waals surface area contributed by atoms with Gasteiger partial charge in [0.2, 0.25) is 5.95 Å². The molecule has 9 nitrogen and oxygen atoms in total. The van der Waals surface area contributed by atoms with E-state index in [0.29, 0.717) is 34.1 Å². The molecule has 0 aliphatic rings. The molecular formula is C17H18ClN7O2. The van der Waals surface area contributed by atoms with Crippen molar-refractivity contribution in [3.63, 3.8) is 0 Å². The normalized spacial score (nSPS) is 10.7. The first-order valence-electron chi connectivity index (χ1n) is 8.12. The molecule has 10 heteroatoms. The number of nitrogens with zero attached hydrogens (tertiary/aromatic N) is 5. The first-order valence-corrected chi connectivity index (χ1v) is 8.50. The molecule has 27 heavy (non-hydrogen) atoms. The van der Waals surface area contributed by atoms with E-state index in [-0.39, 0.29) is 23.6 Å². The third kappa shape index (κ3) is 3.98. The summed E-state index contributed by atoms with van der Waals surface area (Å²) in [6, 6.07) is 4.97. The molecule has 0 bridgehead atoms. The Labute approximate surface area is 160 Å². The summed E-state index contributed by atoms with van der Waals surface area (Å²) >= 11 is 6.21. The molecule has 0 radical (unpaired) electrons. The molecule has 140 valence electrons. The lowest BCUT2D eigenvalue weighted by atomic mass is 10.2. The Morgan fingerprint density at radius 2 is 2.11 bits per heavy atom. The largest absolute Gasteiger partial charge is 0.383 e. The van der Waals surface area contributed by atoms with Gasteiger partial charge in [-0.05, 0) is 18.2 Å². The topological polar surface area (TPSA) is 123 Å². The third-order valence-corrected chi connectivity index (χ3v) is 4.01. The lowest BCUT2D eigenvalue weighted by Crippen LogP contribution is -2.21. The molecule has 2 aromatic heterocycles. The average Bonchev–Trinajstić information content (AvgIpc) is 3.10. The van der Waals surface area contributed by atoms with Gasteiger partial charge in [0.1, 0.15) is 11.4 Å². The van der Waals surface area contributed by atoms with Crippen LogP contribution in [0.15, 0.2) is 28.9 Å². The summed E-state index contributed by atoms with van der Waals surface area (Å²) in [6.45, 7) is 1.92. The quantitative estimate of drug-likeness (QED) is 0.684. The van der Waals surface area contributed by atoms with E-state index in [4.69, 9.17) is 21.9 Å². The number of rotatable bonds is 5. The summed E-state index contributed by atoms with van der Waals surface area (Å²) in [7, 11) is 3.33. The van der Waals surface area contributed by atoms with Crippen LogP contribution in [0.25, 0.3) is 11.5 Å². The standard InChI is InChI=1S/C17H18ClN7O2/c1-4-13-22-15(27-24-13)11-8-20-17(23-14(11)19)21-9-5-6-10(12(18)7-9)16(26)25(2)3/h5-8H,4H2,1-3H3,(H3,19,20,21,23). The molecular weight excluding hydrogens is 370 g/mol. The molecule has 2 heterocycles. The van der Waals surface area contributed by atoms with Crippen LogP contribution in [-0.4, -0.2) is 45.0 Å². The van der Waals surface area contributed by atoms with E-state index in [1.54, 1.807) is 32.3 Å². The maximum Gasteiger partial charge on any atom is 0.263 e. The molecule has 0 spiro atoms. The highest BCUT2D eigenvalue weighted by Crippen LogP contribution is 2.26. The van der Waals surface area contributed by atoms with Crippen LogP contribution in [0.3, 0.4) is 0 Å². The van der Waals surface area contributed by atoms with Crippen LogP contribution in [0.2, 0.25) is 5.02 Å². The van der Waals surface area contributed by atoms with Gasteiger partial charge in [0.25, 0.3) is 11.8 Å². The van der Waals surface area contributed by atoms with Crippen LogP contribution in [0.4, 0.5) is 17.5 Å². The fraction of sp³-hybridized carbons (Fsp3) is 0.235. The van der Waals surface area contributed by atoms with Crippen molar-refractivity contribution in [2.75, 3.05) is 25.1 Å². The Morgan fingerprint density at radius 1 is 1.33 bits per heavy atom. The SMILES string of the molecule is CCc1noc(-c2cnc(Nc3ccc(C(=O)N(C)C)c(Cl)c3)nc2N)n1. The number of nitrogen functional groups attached to an aromatic ring is 1. The van der Waals surface area contributed by atoms with E-state index in [0.717, 1.165) is 0 Å². The van der Waals surface area contributed by atoms with Crippen molar-refractivity contribution in [3.8, 4) is 11.5 Å². The van der Waals surface area contributed by atoms with Crippen molar-refractivity contribution in [3.05, 3.63) is 40.8 Å². The van der Waals surface area contributed by atoms with Gasteiger partial charge in [-0.25, -0.2) is 4.98 Å². The molecule has 0 atom stereocenters. The van der Waals surface area contributed by atoms with Gasteiger partial charge in [-0.1, -0.05) is 23.7 Å². The number of nitrogens with two attached hydrogens (primary N) is 1. The van der Waals surface area contributed by atoms with Crippen molar-refractivity contribution in [2.45, 2.75) is 13.3 Å². The number of anilines is 3. The van der Waals surface area contributed by atoms with Crippen molar-refractivity contribution in [1.82, 2.24) is 25.0 Å². The van der Waals surface area contributed by atoms with Crippen LogP contribution >= 0.6 is 11.6 Å². The van der Waals surface area contributed by atoms with E-state index >= 15 is 0 Å². The Balaban J connectivity index is 1.81. The van der Waals surface area contributed by atoms with E-state index in [2.05, 4.69) is 25.4 Å². The maximum atomic E-state index is 12.0. The molecule has 3 aromatic rings. The van der Waals surface area contributed by atoms with E-state index in [9.17, 15) is 4.79 Å². The zero-order valence-corrected chi connectivity index (χ0v) is 15.8. The van der Waals surface area contributed by atoms with Gasteiger partial charge in [0.15, 0.2) is 5.82 Å². The van der Waals surface area contributed by atoms with Crippen LogP contribution in [0.1, 0.15) is 23.1 Å². The van der Waals surface area contributed by atoms with Crippen LogP contribution < -0.4 is 11.1 Å². The summed E-state index contributed by atoms with van der Waals surface area (Å²) in [6.07, 6.45) is 2.15. The summed E-state index contributed by atoms with van der Waals surface area (Å²) in [5, 5.41) is 7.15. The van der Waals surface area contributed by atoms with Crippen molar-refractivity contribution < 1.29 is 9.32 Å². The Morgan fingerprint density at radius 3 is 2.70 bits per heavy atom. The second kappa shape index (κ2) is 7.58. The second-order valence-electron chi connectivity index (χ2n) is 5.88. The number of amides is 1. The highest BCUT2D eigenvalue weighted by Gasteiger charge is 2.15. The Hall–Kier alpha value is -3.20. The number of aryl methyl sites for hydroxylation is 1. The number of benzene rings is 1. The van der Waals surface area contributed by atoms with Crippen molar-refractivity contribution in [1.29, 1.82) is 0 Å². The molecule has 0 aliphatic carbocycles. The summed E-state index contributed by atoms with van der Waals surface area (Å²) in [5.41, 5.74) is 7.47. The number of hydrogen-bond donors (Lipinski definition) is 2. The molecule has 3 rings (SSSR count). The predicted octanol–water partition coefficient (Wildman–Crippen LogP) is 2.77. The molecule has 1 amide bonds. The lowest BCUT2D eigenvalue weighted by molar-refractivity contribution is 0.0828. The average molecular weight is 388 g/mol. The fourth-order valence-electron chi connectivity index (χ4n) is 2.26.